The lowest BCUT2D eigenvalue weighted by Crippen LogP contribution is -1.61. The van der Waals surface area contributed by atoms with Crippen LogP contribution in [0.5, 0.6) is 0 Å². The van der Waals surface area contributed by atoms with E-state index in [0.29, 0.717) is 0 Å². The van der Waals surface area contributed by atoms with Gasteiger partial charge in [0.1, 0.15) is 0 Å². The first-order valence-electron chi connectivity index (χ1n) is 1.69. The van der Waals surface area contributed by atoms with E-state index < -0.39 is 0 Å². The Morgan fingerprint density at radius 1 is 1.17 bits per heavy atom. The summed E-state index contributed by atoms with van der Waals surface area (Å²) in [5, 5.41) is 0. The minimum absolute atomic E-state index is 1.97. The maximum absolute atomic E-state index is 2.19. The topological polar surface area (TPSA) is 4.93 Å². The lowest BCUT2D eigenvalue weighted by molar-refractivity contribution is 1.36. The van der Waals surface area contributed by atoms with E-state index in [1.54, 1.807) is 0 Å². The Labute approximate surface area is 50.5 Å². The predicted octanol–water partition coefficient (Wildman–Crippen LogP) is 1.69. The van der Waals surface area contributed by atoms with Gasteiger partial charge in [-0.3, -0.25) is 2.78 Å². The average molecular weight is 193 g/mol. The normalized spacial score (nSPS) is 8.83. The Hall–Kier alpha value is 0.0100. The molecule has 1 heterocycles. The molecule has 1 rings (SSSR count). The van der Waals surface area contributed by atoms with Crippen molar-refractivity contribution in [2.45, 2.75) is 0 Å². The van der Waals surface area contributed by atoms with Crippen molar-refractivity contribution < 1.29 is 0 Å². The van der Waals surface area contributed by atoms with Gasteiger partial charge in [0.2, 0.25) is 0 Å². The van der Waals surface area contributed by atoms with Gasteiger partial charge in [0.25, 0.3) is 0 Å². The molecule has 6 heavy (non-hydrogen) atoms. The number of rotatable bonds is 0. The highest BCUT2D eigenvalue weighted by Crippen LogP contribution is 1.92. The molecule has 1 aromatic heterocycles. The van der Waals surface area contributed by atoms with Crippen molar-refractivity contribution in [2.75, 3.05) is 0 Å². The lowest BCUT2D eigenvalue weighted by Gasteiger charge is -1.74. The summed E-state index contributed by atoms with van der Waals surface area (Å²) in [6.07, 6.45) is 3.97. The third-order valence-corrected chi connectivity index (χ3v) is 1.21. The highest BCUT2D eigenvalue weighted by atomic mass is 127. The number of aromatic nitrogens is 1. The first kappa shape index (κ1) is 4.18. The summed E-state index contributed by atoms with van der Waals surface area (Å²) in [7, 11) is 0. The van der Waals surface area contributed by atoms with Crippen molar-refractivity contribution >= 4 is 22.9 Å². The number of halogens is 1. The molecule has 0 radical (unpaired) electrons. The van der Waals surface area contributed by atoms with Gasteiger partial charge < -0.3 is 0 Å². The van der Waals surface area contributed by atoms with Crippen LogP contribution in [0.4, 0.5) is 0 Å². The summed E-state index contributed by atoms with van der Waals surface area (Å²) < 4.78 is 1.97. The van der Waals surface area contributed by atoms with Crippen molar-refractivity contribution in [3.8, 4) is 0 Å². The van der Waals surface area contributed by atoms with Crippen LogP contribution in [-0.2, 0) is 0 Å². The summed E-state index contributed by atoms with van der Waals surface area (Å²) in [6, 6.07) is 3.98. The van der Waals surface area contributed by atoms with Crippen LogP contribution in [0, 0.1) is 0 Å². The van der Waals surface area contributed by atoms with Crippen molar-refractivity contribution in [3.63, 3.8) is 0 Å². The van der Waals surface area contributed by atoms with Gasteiger partial charge in [0.05, 0.1) is 22.9 Å². The zero-order valence-electron chi connectivity index (χ0n) is 3.13. The molecule has 0 amide bonds. The Morgan fingerprint density at radius 3 is 1.83 bits per heavy atom. The molecule has 0 aliphatic carbocycles. The van der Waals surface area contributed by atoms with Gasteiger partial charge in [0.15, 0.2) is 0 Å². The van der Waals surface area contributed by atoms with Gasteiger partial charge >= 0.3 is 0 Å². The second-order valence-electron chi connectivity index (χ2n) is 1.03. The Kier molecular flexibility index (Phi) is 1.14. The highest BCUT2D eigenvalue weighted by molar-refractivity contribution is 14.1. The molecule has 0 aliphatic rings. The standard InChI is InChI=1S/C4H4IN/c5-6-3-1-2-4-6/h1-4H. The van der Waals surface area contributed by atoms with Crippen LogP contribution in [0.3, 0.4) is 0 Å². The molecule has 1 aromatic rings. The fourth-order valence-electron chi connectivity index (χ4n) is 0.314. The molecule has 0 bridgehead atoms. The van der Waals surface area contributed by atoms with E-state index in [9.17, 15) is 0 Å². The molecule has 0 fully saturated rings. The van der Waals surface area contributed by atoms with Gasteiger partial charge in [-0.05, 0) is 12.1 Å². The fourth-order valence-corrected chi connectivity index (χ4v) is 0.685. The van der Waals surface area contributed by atoms with Crippen LogP contribution < -0.4 is 0 Å². The second-order valence-corrected chi connectivity index (χ2v) is 2.14. The summed E-state index contributed by atoms with van der Waals surface area (Å²) in [4.78, 5) is 0. The molecule has 2 heteroatoms. The molecule has 0 aromatic carbocycles. The van der Waals surface area contributed by atoms with E-state index in [0.717, 1.165) is 0 Å². The molecule has 0 saturated carbocycles. The Bertz CT molecular complexity index is 111. The molecule has 0 N–H and O–H groups in total. The molecule has 0 aliphatic heterocycles. The van der Waals surface area contributed by atoms with E-state index in [4.69, 9.17) is 0 Å². The first-order chi connectivity index (χ1) is 2.89. The van der Waals surface area contributed by atoms with Crippen molar-refractivity contribution in [3.05, 3.63) is 24.5 Å². The minimum atomic E-state index is 1.97. The maximum atomic E-state index is 2.19. The van der Waals surface area contributed by atoms with Gasteiger partial charge in [-0.25, -0.2) is 0 Å². The van der Waals surface area contributed by atoms with Crippen LogP contribution >= 0.6 is 22.9 Å². The maximum Gasteiger partial charge on any atom is 0.0634 e. The quantitative estimate of drug-likeness (QED) is 0.552. The molecule has 1 nitrogen and oxygen atoms in total. The van der Waals surface area contributed by atoms with Crippen LogP contribution in [0.25, 0.3) is 0 Å². The first-order valence-corrected chi connectivity index (χ1v) is 2.65. The summed E-state index contributed by atoms with van der Waals surface area (Å²) in [5.41, 5.74) is 0. The van der Waals surface area contributed by atoms with Crippen molar-refractivity contribution in [1.82, 2.24) is 2.78 Å². The number of hydrogen-bond donors (Lipinski definition) is 0. The predicted molar refractivity (Wildman–Crippen MR) is 33.9 cm³/mol. The molecule has 32 valence electrons. The van der Waals surface area contributed by atoms with Crippen molar-refractivity contribution in [1.29, 1.82) is 0 Å². The summed E-state index contributed by atoms with van der Waals surface area (Å²) >= 11 is 2.19. The van der Waals surface area contributed by atoms with E-state index in [1.165, 1.54) is 0 Å². The van der Waals surface area contributed by atoms with Gasteiger partial charge in [-0.15, -0.1) is 0 Å². The molecule has 0 atom stereocenters. The second kappa shape index (κ2) is 1.64. The van der Waals surface area contributed by atoms with Crippen LogP contribution in [0.2, 0.25) is 0 Å². The Balaban J connectivity index is 3.05. The van der Waals surface area contributed by atoms with Crippen molar-refractivity contribution in [2.24, 2.45) is 0 Å². The molecule has 0 saturated heterocycles. The smallest absolute Gasteiger partial charge is 0.0634 e. The van der Waals surface area contributed by atoms with Gasteiger partial charge in [-0.2, -0.15) is 0 Å². The third-order valence-electron chi connectivity index (χ3n) is 0.568. The fraction of sp³-hybridized carbons (Fsp3) is 0. The Morgan fingerprint density at radius 2 is 1.67 bits per heavy atom. The molecule has 0 spiro atoms. The minimum Gasteiger partial charge on any atom is -0.297 e. The van der Waals surface area contributed by atoms with Gasteiger partial charge in [0, 0.05) is 12.4 Å². The zero-order chi connectivity index (χ0) is 4.41. The highest BCUT2D eigenvalue weighted by Gasteiger charge is 1.70. The van der Waals surface area contributed by atoms with E-state index in [2.05, 4.69) is 22.9 Å². The van der Waals surface area contributed by atoms with E-state index >= 15 is 0 Å². The van der Waals surface area contributed by atoms with Crippen LogP contribution in [-0.4, -0.2) is 2.78 Å². The summed E-state index contributed by atoms with van der Waals surface area (Å²) in [6.45, 7) is 0. The SMILES string of the molecule is In1cccc1. The molecular formula is C4H4IN. The van der Waals surface area contributed by atoms with Crippen LogP contribution in [0.1, 0.15) is 0 Å². The lowest BCUT2D eigenvalue weighted by atomic mass is 10.7. The van der Waals surface area contributed by atoms with E-state index in [1.807, 2.05) is 27.3 Å². The molecule has 0 unspecified atom stereocenters. The largest absolute Gasteiger partial charge is 0.297 e. The molecular weight excluding hydrogens is 189 g/mol. The van der Waals surface area contributed by atoms with Crippen LogP contribution in [0.15, 0.2) is 24.5 Å². The zero-order valence-corrected chi connectivity index (χ0v) is 5.29. The van der Waals surface area contributed by atoms with Gasteiger partial charge in [-0.1, -0.05) is 0 Å². The average Bonchev–Trinajstić information content (AvgIpc) is 1.86. The third kappa shape index (κ3) is 0.739. The number of nitrogens with zero attached hydrogens (tertiary/aromatic N) is 1. The van der Waals surface area contributed by atoms with E-state index in [-0.39, 0.29) is 0 Å². The number of hydrogen-bond acceptors (Lipinski definition) is 0. The summed E-state index contributed by atoms with van der Waals surface area (Å²) in [5.74, 6) is 0. The monoisotopic (exact) mass is 193 g/mol.